The fraction of sp³-hybridized carbons (Fsp3) is 0.278. The zero-order valence-corrected chi connectivity index (χ0v) is 14.1. The summed E-state index contributed by atoms with van der Waals surface area (Å²) in [5.41, 5.74) is 0.952. The molecule has 2 aromatic rings. The fourth-order valence-electron chi connectivity index (χ4n) is 2.80. The number of ether oxygens (including phenoxy) is 1. The standard InChI is InChI=1S/C18H19ClN2O3/c1-23-17-6-4-13(19)11-16(17)21-9-8-14(12-21)20-18(22)7-5-15-3-2-10-24-15/h2-7,10-11,14H,8-9,12H2,1H3,(H,20,22)/b7-5+. The van der Waals surface area contributed by atoms with Crippen LogP contribution < -0.4 is 15.0 Å². The molecule has 3 rings (SSSR count). The number of rotatable bonds is 5. The van der Waals surface area contributed by atoms with E-state index in [0.29, 0.717) is 10.8 Å². The van der Waals surface area contributed by atoms with Gasteiger partial charge in [0.15, 0.2) is 0 Å². The average Bonchev–Trinajstić information content (AvgIpc) is 3.24. The number of methoxy groups -OCH3 is 1. The molecule has 0 spiro atoms. The molecule has 1 aliphatic rings. The van der Waals surface area contributed by atoms with Crippen molar-refractivity contribution in [1.29, 1.82) is 0 Å². The third kappa shape index (κ3) is 3.92. The Kier molecular flexibility index (Phi) is 5.11. The number of hydrogen-bond acceptors (Lipinski definition) is 4. The second-order valence-corrected chi connectivity index (χ2v) is 6.04. The van der Waals surface area contributed by atoms with E-state index in [9.17, 15) is 4.79 Å². The van der Waals surface area contributed by atoms with Crippen molar-refractivity contribution in [3.63, 3.8) is 0 Å². The smallest absolute Gasteiger partial charge is 0.244 e. The van der Waals surface area contributed by atoms with E-state index in [1.54, 1.807) is 37.6 Å². The Morgan fingerprint density at radius 3 is 3.08 bits per heavy atom. The van der Waals surface area contributed by atoms with Crippen molar-refractivity contribution in [3.05, 3.63) is 53.5 Å². The van der Waals surface area contributed by atoms with Gasteiger partial charge in [-0.3, -0.25) is 4.79 Å². The van der Waals surface area contributed by atoms with Crippen LogP contribution in [0.5, 0.6) is 5.75 Å². The Morgan fingerprint density at radius 2 is 2.33 bits per heavy atom. The van der Waals surface area contributed by atoms with Gasteiger partial charge in [0.05, 0.1) is 19.1 Å². The van der Waals surface area contributed by atoms with E-state index in [1.165, 1.54) is 6.08 Å². The van der Waals surface area contributed by atoms with Gasteiger partial charge in [-0.25, -0.2) is 0 Å². The van der Waals surface area contributed by atoms with Crippen LogP contribution in [0, 0.1) is 0 Å². The lowest BCUT2D eigenvalue weighted by Gasteiger charge is -2.21. The fourth-order valence-corrected chi connectivity index (χ4v) is 2.97. The summed E-state index contributed by atoms with van der Waals surface area (Å²) in [5.74, 6) is 1.31. The number of anilines is 1. The number of amides is 1. The van der Waals surface area contributed by atoms with Gasteiger partial charge in [0.25, 0.3) is 0 Å². The van der Waals surface area contributed by atoms with Crippen LogP contribution in [0.15, 0.2) is 47.1 Å². The summed E-state index contributed by atoms with van der Waals surface area (Å²) >= 11 is 6.09. The molecule has 1 aliphatic heterocycles. The zero-order valence-electron chi connectivity index (χ0n) is 13.4. The SMILES string of the molecule is COc1ccc(Cl)cc1N1CCC(NC(=O)/C=C/c2ccco2)C1. The van der Waals surface area contributed by atoms with Crippen molar-refractivity contribution in [2.45, 2.75) is 12.5 Å². The van der Waals surface area contributed by atoms with Crippen molar-refractivity contribution in [2.24, 2.45) is 0 Å². The molecule has 2 heterocycles. The highest BCUT2D eigenvalue weighted by Crippen LogP contribution is 2.33. The maximum atomic E-state index is 12.0. The maximum absolute atomic E-state index is 12.0. The first-order chi connectivity index (χ1) is 11.7. The topological polar surface area (TPSA) is 54.7 Å². The minimum Gasteiger partial charge on any atom is -0.495 e. The van der Waals surface area contributed by atoms with Crippen LogP contribution in [0.4, 0.5) is 5.69 Å². The third-order valence-corrected chi connectivity index (χ3v) is 4.19. The second-order valence-electron chi connectivity index (χ2n) is 5.61. The minimum absolute atomic E-state index is 0.0856. The van der Waals surface area contributed by atoms with Crippen LogP contribution >= 0.6 is 11.6 Å². The summed E-state index contributed by atoms with van der Waals surface area (Å²) in [6.07, 6.45) is 5.59. The highest BCUT2D eigenvalue weighted by molar-refractivity contribution is 6.30. The van der Waals surface area contributed by atoms with Crippen molar-refractivity contribution in [3.8, 4) is 5.75 Å². The van der Waals surface area contributed by atoms with E-state index in [1.807, 2.05) is 12.1 Å². The van der Waals surface area contributed by atoms with Gasteiger partial charge in [-0.1, -0.05) is 11.6 Å². The number of hydrogen-bond donors (Lipinski definition) is 1. The van der Waals surface area contributed by atoms with Crippen LogP contribution in [-0.4, -0.2) is 32.1 Å². The van der Waals surface area contributed by atoms with E-state index < -0.39 is 0 Å². The van der Waals surface area contributed by atoms with Crippen LogP contribution in [0.3, 0.4) is 0 Å². The molecular formula is C18H19ClN2O3. The van der Waals surface area contributed by atoms with E-state index in [2.05, 4.69) is 10.2 Å². The lowest BCUT2D eigenvalue weighted by Crippen LogP contribution is -2.36. The number of halogens is 1. The van der Waals surface area contributed by atoms with Crippen molar-refractivity contribution < 1.29 is 13.9 Å². The molecule has 0 saturated carbocycles. The van der Waals surface area contributed by atoms with E-state index in [4.69, 9.17) is 20.8 Å². The quantitative estimate of drug-likeness (QED) is 0.843. The Balaban J connectivity index is 1.59. The Labute approximate surface area is 145 Å². The van der Waals surface area contributed by atoms with Crippen molar-refractivity contribution in [2.75, 3.05) is 25.1 Å². The molecule has 6 heteroatoms. The maximum Gasteiger partial charge on any atom is 0.244 e. The first-order valence-corrected chi connectivity index (χ1v) is 8.14. The molecule has 1 fully saturated rings. The van der Waals surface area contributed by atoms with E-state index >= 15 is 0 Å². The molecule has 1 amide bonds. The van der Waals surface area contributed by atoms with Crippen LogP contribution in [0.25, 0.3) is 6.08 Å². The number of benzene rings is 1. The number of carbonyl (C=O) groups excluding carboxylic acids is 1. The average molecular weight is 347 g/mol. The molecule has 1 N–H and O–H groups in total. The molecule has 0 bridgehead atoms. The highest BCUT2D eigenvalue weighted by Gasteiger charge is 2.25. The third-order valence-electron chi connectivity index (χ3n) is 3.96. The predicted molar refractivity (Wildman–Crippen MR) is 94.5 cm³/mol. The molecule has 5 nitrogen and oxygen atoms in total. The Hall–Kier alpha value is -2.40. The van der Waals surface area contributed by atoms with Gasteiger partial charge in [-0.2, -0.15) is 0 Å². The van der Waals surface area contributed by atoms with Crippen LogP contribution in [0.2, 0.25) is 5.02 Å². The number of furan rings is 1. The largest absolute Gasteiger partial charge is 0.495 e. The lowest BCUT2D eigenvalue weighted by molar-refractivity contribution is -0.117. The summed E-state index contributed by atoms with van der Waals surface area (Å²) in [6, 6.07) is 9.22. The summed E-state index contributed by atoms with van der Waals surface area (Å²) in [7, 11) is 1.64. The molecule has 1 saturated heterocycles. The van der Waals surface area contributed by atoms with Crippen molar-refractivity contribution >= 4 is 29.3 Å². The Morgan fingerprint density at radius 1 is 1.46 bits per heavy atom. The minimum atomic E-state index is -0.128. The van der Waals surface area contributed by atoms with Crippen LogP contribution in [0.1, 0.15) is 12.2 Å². The van der Waals surface area contributed by atoms with Gasteiger partial charge in [-0.05, 0) is 42.8 Å². The lowest BCUT2D eigenvalue weighted by atomic mass is 10.2. The monoisotopic (exact) mass is 346 g/mol. The van der Waals surface area contributed by atoms with Gasteiger partial charge < -0.3 is 19.4 Å². The van der Waals surface area contributed by atoms with Gasteiger partial charge >= 0.3 is 0 Å². The number of carbonyl (C=O) groups is 1. The van der Waals surface area contributed by atoms with Gasteiger partial charge in [0.1, 0.15) is 11.5 Å². The summed E-state index contributed by atoms with van der Waals surface area (Å²) in [6.45, 7) is 1.56. The van der Waals surface area contributed by atoms with Gasteiger partial charge in [-0.15, -0.1) is 0 Å². The predicted octanol–water partition coefficient (Wildman–Crippen LogP) is 3.35. The van der Waals surface area contributed by atoms with E-state index in [-0.39, 0.29) is 11.9 Å². The highest BCUT2D eigenvalue weighted by atomic mass is 35.5. The summed E-state index contributed by atoms with van der Waals surface area (Å²) in [5, 5.41) is 3.68. The van der Waals surface area contributed by atoms with E-state index in [0.717, 1.165) is 30.9 Å². The molecular weight excluding hydrogens is 328 g/mol. The molecule has 24 heavy (non-hydrogen) atoms. The summed E-state index contributed by atoms with van der Waals surface area (Å²) in [4.78, 5) is 14.2. The molecule has 1 aromatic carbocycles. The Bertz CT molecular complexity index is 728. The number of nitrogens with zero attached hydrogens (tertiary/aromatic N) is 1. The zero-order chi connectivity index (χ0) is 16.9. The van der Waals surface area contributed by atoms with Gasteiger partial charge in [0, 0.05) is 30.2 Å². The molecule has 1 aromatic heterocycles. The molecule has 1 atom stereocenters. The molecule has 126 valence electrons. The first-order valence-electron chi connectivity index (χ1n) is 7.76. The number of nitrogens with one attached hydrogen (secondary N) is 1. The normalized spacial score (nSPS) is 17.4. The second kappa shape index (κ2) is 7.45. The van der Waals surface area contributed by atoms with Gasteiger partial charge in [0.2, 0.25) is 5.91 Å². The molecule has 0 radical (unpaired) electrons. The first kappa shape index (κ1) is 16.5. The molecule has 1 unspecified atom stereocenters. The van der Waals surface area contributed by atoms with Crippen LogP contribution in [-0.2, 0) is 4.79 Å². The summed E-state index contributed by atoms with van der Waals surface area (Å²) < 4.78 is 10.6. The van der Waals surface area contributed by atoms with Crippen molar-refractivity contribution in [1.82, 2.24) is 5.32 Å². The molecule has 0 aliphatic carbocycles.